The van der Waals surface area contributed by atoms with Gasteiger partial charge in [-0.15, -0.1) is 0 Å². The minimum Gasteiger partial charge on any atom is -0.461 e. The number of benzene rings is 1. The van der Waals surface area contributed by atoms with Crippen LogP contribution in [0.5, 0.6) is 0 Å². The molecule has 0 aliphatic carbocycles. The molecule has 0 spiro atoms. The van der Waals surface area contributed by atoms with Crippen molar-refractivity contribution in [3.05, 3.63) is 45.1 Å². The third-order valence-electron chi connectivity index (χ3n) is 2.40. The first kappa shape index (κ1) is 16.5. The fourth-order valence-corrected chi connectivity index (χ4v) is 1.70. The molecule has 0 saturated carbocycles. The van der Waals surface area contributed by atoms with E-state index < -0.39 is 11.9 Å². The molecular weight excluding hydrogens is 301 g/mol. The van der Waals surface area contributed by atoms with Gasteiger partial charge in [0.1, 0.15) is 5.70 Å². The molecule has 0 aliphatic rings. The van der Waals surface area contributed by atoms with Crippen molar-refractivity contribution in [2.24, 2.45) is 0 Å². The van der Waals surface area contributed by atoms with Gasteiger partial charge >= 0.3 is 5.97 Å². The fourth-order valence-electron chi connectivity index (χ4n) is 1.41. The monoisotopic (exact) mass is 315 g/mol. The van der Waals surface area contributed by atoms with Crippen LogP contribution in [0.15, 0.2) is 29.5 Å². The molecule has 1 aromatic carbocycles. The summed E-state index contributed by atoms with van der Waals surface area (Å²) in [6.45, 7) is 5.35. The van der Waals surface area contributed by atoms with Crippen LogP contribution in [-0.4, -0.2) is 18.5 Å². The van der Waals surface area contributed by atoms with Crippen LogP contribution in [0.4, 0.5) is 0 Å². The molecule has 0 saturated heterocycles. The van der Waals surface area contributed by atoms with Crippen molar-refractivity contribution in [1.29, 1.82) is 0 Å². The van der Waals surface area contributed by atoms with E-state index in [1.54, 1.807) is 20.8 Å². The summed E-state index contributed by atoms with van der Waals surface area (Å²) in [5.74, 6) is -1.02. The molecule has 0 radical (unpaired) electrons. The van der Waals surface area contributed by atoms with Gasteiger partial charge in [-0.25, -0.2) is 4.79 Å². The summed E-state index contributed by atoms with van der Waals surface area (Å²) in [5.41, 5.74) is 1.09. The van der Waals surface area contributed by atoms with Crippen LogP contribution in [0.25, 0.3) is 0 Å². The molecule has 1 amide bonds. The maximum Gasteiger partial charge on any atom is 0.354 e. The highest BCUT2D eigenvalue weighted by Crippen LogP contribution is 2.22. The summed E-state index contributed by atoms with van der Waals surface area (Å²) in [5, 5.41) is 3.16. The zero-order valence-electron chi connectivity index (χ0n) is 11.4. The fraction of sp³-hybridized carbons (Fsp3) is 0.286. The van der Waals surface area contributed by atoms with Crippen LogP contribution < -0.4 is 5.32 Å². The molecule has 0 fully saturated rings. The predicted octanol–water partition coefficient (Wildman–Crippen LogP) is 3.58. The molecule has 0 atom stereocenters. The van der Waals surface area contributed by atoms with Gasteiger partial charge in [0, 0.05) is 5.56 Å². The second kappa shape index (κ2) is 7.31. The second-order valence-electron chi connectivity index (χ2n) is 4.18. The van der Waals surface area contributed by atoms with E-state index in [-0.39, 0.29) is 17.3 Å². The lowest BCUT2D eigenvalue weighted by molar-refractivity contribution is -0.138. The van der Waals surface area contributed by atoms with Gasteiger partial charge in [-0.05, 0) is 44.5 Å². The van der Waals surface area contributed by atoms with E-state index in [0.29, 0.717) is 16.2 Å². The number of hydrogen-bond donors (Lipinski definition) is 1. The number of amides is 1. The number of carbonyl (C=O) groups excluding carboxylic acids is 2. The van der Waals surface area contributed by atoms with Gasteiger partial charge < -0.3 is 10.1 Å². The standard InChI is InChI=1S/C14H15Cl2NO3/c1-4-20-14(19)12(8(2)3)17-13(18)9-5-6-10(15)11(16)7-9/h5-7H,4H2,1-3H3,(H,17,18). The largest absolute Gasteiger partial charge is 0.461 e. The number of allylic oxidation sites excluding steroid dienone is 1. The lowest BCUT2D eigenvalue weighted by atomic mass is 10.2. The van der Waals surface area contributed by atoms with Crippen molar-refractivity contribution >= 4 is 35.1 Å². The summed E-state index contributed by atoms with van der Waals surface area (Å²) in [6, 6.07) is 4.48. The van der Waals surface area contributed by atoms with Gasteiger partial charge in [-0.2, -0.15) is 0 Å². The summed E-state index contributed by atoms with van der Waals surface area (Å²) >= 11 is 11.6. The van der Waals surface area contributed by atoms with Crippen LogP contribution in [0.2, 0.25) is 10.0 Å². The summed E-state index contributed by atoms with van der Waals surface area (Å²) in [4.78, 5) is 23.8. The molecule has 20 heavy (non-hydrogen) atoms. The first-order chi connectivity index (χ1) is 9.36. The van der Waals surface area contributed by atoms with E-state index >= 15 is 0 Å². The number of ether oxygens (including phenoxy) is 1. The Morgan fingerprint density at radius 2 is 1.85 bits per heavy atom. The smallest absolute Gasteiger partial charge is 0.354 e. The molecular formula is C14H15Cl2NO3. The second-order valence-corrected chi connectivity index (χ2v) is 4.99. The third kappa shape index (κ3) is 4.25. The number of hydrogen-bond acceptors (Lipinski definition) is 3. The van der Waals surface area contributed by atoms with E-state index in [9.17, 15) is 9.59 Å². The number of rotatable bonds is 4. The molecule has 0 aromatic heterocycles. The number of nitrogens with one attached hydrogen (secondary N) is 1. The Labute approximate surface area is 127 Å². The normalized spacial score (nSPS) is 9.85. The van der Waals surface area contributed by atoms with E-state index in [1.165, 1.54) is 18.2 Å². The van der Waals surface area contributed by atoms with E-state index in [4.69, 9.17) is 27.9 Å². The number of carbonyl (C=O) groups is 2. The van der Waals surface area contributed by atoms with Crippen molar-refractivity contribution in [3.8, 4) is 0 Å². The van der Waals surface area contributed by atoms with Crippen LogP contribution in [0.3, 0.4) is 0 Å². The zero-order valence-corrected chi connectivity index (χ0v) is 12.9. The Morgan fingerprint density at radius 1 is 1.20 bits per heavy atom. The maximum atomic E-state index is 12.1. The summed E-state index contributed by atoms with van der Waals surface area (Å²) in [6.07, 6.45) is 0. The summed E-state index contributed by atoms with van der Waals surface area (Å²) < 4.78 is 4.89. The van der Waals surface area contributed by atoms with Crippen molar-refractivity contribution in [1.82, 2.24) is 5.32 Å². The molecule has 0 heterocycles. The molecule has 0 unspecified atom stereocenters. The molecule has 1 aromatic rings. The van der Waals surface area contributed by atoms with Crippen LogP contribution >= 0.6 is 23.2 Å². The van der Waals surface area contributed by atoms with E-state index in [2.05, 4.69) is 5.32 Å². The Kier molecular flexibility index (Phi) is 6.05. The van der Waals surface area contributed by atoms with Gasteiger partial charge in [0.2, 0.25) is 0 Å². The molecule has 0 bridgehead atoms. The molecule has 108 valence electrons. The van der Waals surface area contributed by atoms with Crippen molar-refractivity contribution in [2.75, 3.05) is 6.61 Å². The lowest BCUT2D eigenvalue weighted by Gasteiger charge is -2.11. The average Bonchev–Trinajstić information content (AvgIpc) is 2.38. The van der Waals surface area contributed by atoms with Crippen molar-refractivity contribution in [3.63, 3.8) is 0 Å². The highest BCUT2D eigenvalue weighted by atomic mass is 35.5. The van der Waals surface area contributed by atoms with Gasteiger partial charge in [-0.3, -0.25) is 4.79 Å². The van der Waals surface area contributed by atoms with Gasteiger partial charge in [-0.1, -0.05) is 23.2 Å². The highest BCUT2D eigenvalue weighted by Gasteiger charge is 2.17. The SMILES string of the molecule is CCOC(=O)C(NC(=O)c1ccc(Cl)c(Cl)c1)=C(C)C. The van der Waals surface area contributed by atoms with Crippen LogP contribution in [0, 0.1) is 0 Å². The van der Waals surface area contributed by atoms with Gasteiger partial charge in [0.15, 0.2) is 0 Å². The Hall–Kier alpha value is -1.52. The number of halogens is 2. The minimum atomic E-state index is -0.569. The van der Waals surface area contributed by atoms with Crippen LogP contribution in [0.1, 0.15) is 31.1 Å². The third-order valence-corrected chi connectivity index (χ3v) is 3.14. The average molecular weight is 316 g/mol. The van der Waals surface area contributed by atoms with Gasteiger partial charge in [0.05, 0.1) is 16.7 Å². The molecule has 0 aliphatic heterocycles. The zero-order chi connectivity index (χ0) is 15.3. The highest BCUT2D eigenvalue weighted by molar-refractivity contribution is 6.42. The minimum absolute atomic E-state index is 0.128. The topological polar surface area (TPSA) is 55.4 Å². The Bertz CT molecular complexity index is 564. The first-order valence-electron chi connectivity index (χ1n) is 5.97. The first-order valence-corrected chi connectivity index (χ1v) is 6.73. The van der Waals surface area contributed by atoms with Gasteiger partial charge in [0.25, 0.3) is 5.91 Å². The molecule has 1 rings (SSSR count). The molecule has 6 heteroatoms. The van der Waals surface area contributed by atoms with Crippen LogP contribution in [-0.2, 0) is 9.53 Å². The maximum absolute atomic E-state index is 12.1. The quantitative estimate of drug-likeness (QED) is 0.682. The summed E-state index contributed by atoms with van der Waals surface area (Å²) in [7, 11) is 0. The molecule has 4 nitrogen and oxygen atoms in total. The van der Waals surface area contributed by atoms with Crippen molar-refractivity contribution in [2.45, 2.75) is 20.8 Å². The molecule has 1 N–H and O–H groups in total. The number of esters is 1. The van der Waals surface area contributed by atoms with Crippen molar-refractivity contribution < 1.29 is 14.3 Å². The van der Waals surface area contributed by atoms with E-state index in [1.807, 2.05) is 0 Å². The Morgan fingerprint density at radius 3 is 2.35 bits per heavy atom. The predicted molar refractivity (Wildman–Crippen MR) is 78.9 cm³/mol. The van der Waals surface area contributed by atoms with E-state index in [0.717, 1.165) is 0 Å². The Balaban J connectivity index is 2.95. The lowest BCUT2D eigenvalue weighted by Crippen LogP contribution is -2.29.